The van der Waals surface area contributed by atoms with Gasteiger partial charge in [-0.3, -0.25) is 0 Å². The molecule has 3 heteroatoms. The van der Waals surface area contributed by atoms with Gasteiger partial charge in [0.1, 0.15) is 12.4 Å². The predicted octanol–water partition coefficient (Wildman–Crippen LogP) is 4.53. The van der Waals surface area contributed by atoms with Gasteiger partial charge in [0, 0.05) is 18.2 Å². The third-order valence-corrected chi connectivity index (χ3v) is 4.77. The van der Waals surface area contributed by atoms with E-state index in [4.69, 9.17) is 9.47 Å². The van der Waals surface area contributed by atoms with E-state index in [0.717, 1.165) is 44.6 Å². The fourth-order valence-electron chi connectivity index (χ4n) is 3.29. The van der Waals surface area contributed by atoms with E-state index in [0.29, 0.717) is 6.61 Å². The second-order valence-electron chi connectivity index (χ2n) is 6.75. The predicted molar refractivity (Wildman–Crippen MR) is 102 cm³/mol. The van der Waals surface area contributed by atoms with Crippen LogP contribution in [0.5, 0.6) is 5.75 Å². The third kappa shape index (κ3) is 5.58. The zero-order valence-electron chi connectivity index (χ0n) is 15.1. The van der Waals surface area contributed by atoms with Crippen LogP contribution in [0.1, 0.15) is 43.4 Å². The molecule has 0 radical (unpaired) electrons. The van der Waals surface area contributed by atoms with Crippen molar-refractivity contribution in [3.63, 3.8) is 0 Å². The summed E-state index contributed by atoms with van der Waals surface area (Å²) in [5, 5.41) is 3.63. The Morgan fingerprint density at radius 1 is 1.12 bits per heavy atom. The van der Waals surface area contributed by atoms with E-state index in [-0.39, 0.29) is 12.1 Å². The number of para-hydroxylation sites is 1. The highest BCUT2D eigenvalue weighted by Crippen LogP contribution is 2.26. The number of aryl methyl sites for hydroxylation is 1. The van der Waals surface area contributed by atoms with Crippen molar-refractivity contribution in [3.05, 3.63) is 65.7 Å². The van der Waals surface area contributed by atoms with Gasteiger partial charge in [0.2, 0.25) is 0 Å². The first kappa shape index (κ1) is 18.0. The van der Waals surface area contributed by atoms with Crippen LogP contribution in [0.3, 0.4) is 0 Å². The minimum atomic E-state index is 0.252. The molecule has 2 aromatic rings. The lowest BCUT2D eigenvalue weighted by Gasteiger charge is -2.19. The SMILES string of the molecule is CC(NCCCc1ccccc1)c1ccccc1OCC1CCCO1. The minimum absolute atomic E-state index is 0.252. The van der Waals surface area contributed by atoms with Crippen LogP contribution in [-0.4, -0.2) is 25.9 Å². The molecule has 1 heterocycles. The Morgan fingerprint density at radius 2 is 1.92 bits per heavy atom. The van der Waals surface area contributed by atoms with Crippen LogP contribution in [0.2, 0.25) is 0 Å². The topological polar surface area (TPSA) is 30.5 Å². The van der Waals surface area contributed by atoms with Crippen molar-refractivity contribution in [2.75, 3.05) is 19.8 Å². The summed E-state index contributed by atoms with van der Waals surface area (Å²) in [4.78, 5) is 0. The summed E-state index contributed by atoms with van der Waals surface area (Å²) in [6.45, 7) is 4.72. The molecule has 134 valence electrons. The average Bonchev–Trinajstić information content (AvgIpc) is 3.18. The summed E-state index contributed by atoms with van der Waals surface area (Å²) in [6, 6.07) is 19.3. The number of ether oxygens (including phenoxy) is 2. The molecule has 0 saturated carbocycles. The van der Waals surface area contributed by atoms with E-state index in [1.165, 1.54) is 11.1 Å². The van der Waals surface area contributed by atoms with Gasteiger partial charge >= 0.3 is 0 Å². The van der Waals surface area contributed by atoms with Crippen LogP contribution in [0.4, 0.5) is 0 Å². The molecule has 0 spiro atoms. The number of hydrogen-bond acceptors (Lipinski definition) is 3. The van der Waals surface area contributed by atoms with Crippen LogP contribution in [0, 0.1) is 0 Å². The van der Waals surface area contributed by atoms with Crippen LogP contribution in [0.25, 0.3) is 0 Å². The number of rotatable bonds is 9. The zero-order valence-corrected chi connectivity index (χ0v) is 15.1. The number of nitrogens with one attached hydrogen (secondary N) is 1. The first-order chi connectivity index (χ1) is 12.3. The first-order valence-corrected chi connectivity index (χ1v) is 9.43. The lowest BCUT2D eigenvalue weighted by atomic mass is 10.1. The van der Waals surface area contributed by atoms with E-state index in [2.05, 4.69) is 60.8 Å². The van der Waals surface area contributed by atoms with Crippen molar-refractivity contribution in [2.45, 2.75) is 44.8 Å². The lowest BCUT2D eigenvalue weighted by Crippen LogP contribution is -2.22. The van der Waals surface area contributed by atoms with Crippen molar-refractivity contribution in [2.24, 2.45) is 0 Å². The third-order valence-electron chi connectivity index (χ3n) is 4.77. The molecule has 1 fully saturated rings. The largest absolute Gasteiger partial charge is 0.491 e. The maximum atomic E-state index is 6.05. The van der Waals surface area contributed by atoms with Gasteiger partial charge in [-0.05, 0) is 50.8 Å². The van der Waals surface area contributed by atoms with Gasteiger partial charge in [-0.1, -0.05) is 48.5 Å². The van der Waals surface area contributed by atoms with E-state index < -0.39 is 0 Å². The highest BCUT2D eigenvalue weighted by Gasteiger charge is 2.17. The molecular formula is C22H29NO2. The monoisotopic (exact) mass is 339 g/mol. The van der Waals surface area contributed by atoms with Gasteiger partial charge in [-0.2, -0.15) is 0 Å². The molecule has 1 aliphatic heterocycles. The Hall–Kier alpha value is -1.84. The van der Waals surface area contributed by atoms with Gasteiger partial charge in [-0.25, -0.2) is 0 Å². The molecule has 1 N–H and O–H groups in total. The summed E-state index contributed by atoms with van der Waals surface area (Å²) in [5.74, 6) is 0.973. The lowest BCUT2D eigenvalue weighted by molar-refractivity contribution is 0.0674. The van der Waals surface area contributed by atoms with Gasteiger partial charge in [0.05, 0.1) is 6.10 Å². The molecule has 3 rings (SSSR count). The molecule has 3 nitrogen and oxygen atoms in total. The maximum absolute atomic E-state index is 6.05. The van der Waals surface area contributed by atoms with Crippen molar-refractivity contribution < 1.29 is 9.47 Å². The molecule has 2 aromatic carbocycles. The van der Waals surface area contributed by atoms with E-state index >= 15 is 0 Å². The van der Waals surface area contributed by atoms with Crippen LogP contribution in [-0.2, 0) is 11.2 Å². The van der Waals surface area contributed by atoms with Crippen molar-refractivity contribution in [3.8, 4) is 5.75 Å². The minimum Gasteiger partial charge on any atom is -0.491 e. The Morgan fingerprint density at radius 3 is 2.72 bits per heavy atom. The van der Waals surface area contributed by atoms with Crippen molar-refractivity contribution in [1.29, 1.82) is 0 Å². The highest BCUT2D eigenvalue weighted by molar-refractivity contribution is 5.35. The number of hydrogen-bond donors (Lipinski definition) is 1. The standard InChI is InChI=1S/C22H29NO2/c1-18(23-15-7-11-19-9-3-2-4-10-19)21-13-5-6-14-22(21)25-17-20-12-8-16-24-20/h2-6,9-10,13-14,18,20,23H,7-8,11-12,15-17H2,1H3. The Kier molecular flexibility index (Phi) is 6.89. The smallest absolute Gasteiger partial charge is 0.124 e. The molecule has 2 atom stereocenters. The molecule has 0 bridgehead atoms. The normalized spacial score (nSPS) is 18.2. The second-order valence-corrected chi connectivity index (χ2v) is 6.75. The average molecular weight is 339 g/mol. The zero-order chi connectivity index (χ0) is 17.3. The van der Waals surface area contributed by atoms with E-state index in [1.54, 1.807) is 0 Å². The van der Waals surface area contributed by atoms with Crippen molar-refractivity contribution >= 4 is 0 Å². The van der Waals surface area contributed by atoms with Gasteiger partial charge in [0.25, 0.3) is 0 Å². The quantitative estimate of drug-likeness (QED) is 0.681. The van der Waals surface area contributed by atoms with Gasteiger partial charge in [0.15, 0.2) is 0 Å². The summed E-state index contributed by atoms with van der Waals surface area (Å²) >= 11 is 0. The molecule has 0 amide bonds. The summed E-state index contributed by atoms with van der Waals surface area (Å²) < 4.78 is 11.7. The van der Waals surface area contributed by atoms with Gasteiger partial charge in [-0.15, -0.1) is 0 Å². The van der Waals surface area contributed by atoms with Crippen molar-refractivity contribution in [1.82, 2.24) is 5.32 Å². The number of benzene rings is 2. The first-order valence-electron chi connectivity index (χ1n) is 9.43. The molecule has 0 aliphatic carbocycles. The molecular weight excluding hydrogens is 310 g/mol. The Bertz CT molecular complexity index is 623. The molecule has 1 aliphatic rings. The summed E-state index contributed by atoms with van der Waals surface area (Å²) in [5.41, 5.74) is 2.62. The summed E-state index contributed by atoms with van der Waals surface area (Å²) in [6.07, 6.45) is 4.75. The van der Waals surface area contributed by atoms with E-state index in [9.17, 15) is 0 Å². The fourth-order valence-corrected chi connectivity index (χ4v) is 3.29. The van der Waals surface area contributed by atoms with Crippen LogP contribution >= 0.6 is 0 Å². The van der Waals surface area contributed by atoms with Crippen LogP contribution < -0.4 is 10.1 Å². The second kappa shape index (κ2) is 9.59. The summed E-state index contributed by atoms with van der Waals surface area (Å²) in [7, 11) is 0. The molecule has 1 saturated heterocycles. The van der Waals surface area contributed by atoms with Gasteiger partial charge < -0.3 is 14.8 Å². The molecule has 25 heavy (non-hydrogen) atoms. The maximum Gasteiger partial charge on any atom is 0.124 e. The Labute approximate surface area is 151 Å². The Balaban J connectivity index is 1.46. The van der Waals surface area contributed by atoms with Crippen LogP contribution in [0.15, 0.2) is 54.6 Å². The molecule has 2 unspecified atom stereocenters. The fraction of sp³-hybridized carbons (Fsp3) is 0.455. The molecule has 0 aromatic heterocycles. The van der Waals surface area contributed by atoms with E-state index in [1.807, 2.05) is 6.07 Å². The highest BCUT2D eigenvalue weighted by atomic mass is 16.5.